The minimum atomic E-state index is -0.927. The molecule has 0 saturated carbocycles. The summed E-state index contributed by atoms with van der Waals surface area (Å²) >= 11 is 5.76. The number of rotatable bonds is 6. The van der Waals surface area contributed by atoms with Crippen LogP contribution in [0.2, 0.25) is 0 Å². The molecule has 2 atom stereocenters. The molecule has 1 aliphatic heterocycles. The number of aliphatic hydroxyl groups is 1. The van der Waals surface area contributed by atoms with Gasteiger partial charge in [-0.25, -0.2) is 0 Å². The molecular weight excluding hydrogens is 444 g/mol. The van der Waals surface area contributed by atoms with Crippen LogP contribution in [0.15, 0.2) is 85.2 Å². The largest absolute Gasteiger partial charge is 0.386 e. The Morgan fingerprint density at radius 1 is 1.15 bits per heavy atom. The van der Waals surface area contributed by atoms with Crippen molar-refractivity contribution < 1.29 is 9.90 Å². The molecule has 4 rings (SSSR count). The first kappa shape index (κ1) is 23.9. The molecule has 2 aromatic heterocycles. The second kappa shape index (κ2) is 10.8. The fourth-order valence-electron chi connectivity index (χ4n) is 4.39. The summed E-state index contributed by atoms with van der Waals surface area (Å²) < 4.78 is 2.42. The van der Waals surface area contributed by atoms with E-state index in [2.05, 4.69) is 10.2 Å². The van der Waals surface area contributed by atoms with Gasteiger partial charge in [-0.2, -0.15) is 5.10 Å². The van der Waals surface area contributed by atoms with Crippen LogP contribution < -0.4 is 0 Å². The number of benzene rings is 1. The third-order valence-corrected chi connectivity index (χ3v) is 6.69. The molecule has 0 radical (unpaired) electrons. The molecule has 3 heterocycles. The van der Waals surface area contributed by atoms with Gasteiger partial charge >= 0.3 is 0 Å². The Morgan fingerprint density at radius 2 is 1.94 bits per heavy atom. The standard InChI is InChI=1S/C27H30N4O2S/c1-2-3-4-5-9-14-27(33)15-10-17-30(19-16-27)25(32)24(21-11-7-6-8-12-21)31-18-13-23-22(26(31)34)20-28-29-23/h2-9,11-14,18,20,24,33H,10,15-17,19H2,1H3,(H,28,29)/b3-2-,5-4-,14-9+. The Labute approximate surface area is 204 Å². The number of aromatic amines is 1. The van der Waals surface area contributed by atoms with E-state index in [0.717, 1.165) is 22.9 Å². The molecule has 1 amide bonds. The number of pyridine rings is 1. The van der Waals surface area contributed by atoms with Gasteiger partial charge in [-0.15, -0.1) is 0 Å². The van der Waals surface area contributed by atoms with Gasteiger partial charge in [0.05, 0.1) is 22.7 Å². The normalized spacial score (nSPS) is 20.5. The molecule has 2 N–H and O–H groups in total. The number of allylic oxidation sites excluding steroid dienone is 5. The summed E-state index contributed by atoms with van der Waals surface area (Å²) in [5, 5.41) is 19.0. The monoisotopic (exact) mass is 474 g/mol. The Morgan fingerprint density at radius 3 is 2.74 bits per heavy atom. The van der Waals surface area contributed by atoms with Crippen molar-refractivity contribution in [2.45, 2.75) is 37.8 Å². The van der Waals surface area contributed by atoms with Gasteiger partial charge in [-0.1, -0.05) is 79.0 Å². The van der Waals surface area contributed by atoms with Gasteiger partial charge in [0.15, 0.2) is 0 Å². The first-order chi connectivity index (χ1) is 16.5. The SMILES string of the molecule is C\C=C/C=C\C=C\C1(O)CCCN(C(=O)C(c2ccccc2)n2ccc3[nH]ncc3c2=S)CC1. The Balaban J connectivity index is 1.61. The Hall–Kier alpha value is -3.29. The molecule has 1 aromatic carbocycles. The van der Waals surface area contributed by atoms with Gasteiger partial charge < -0.3 is 14.6 Å². The number of nitrogens with one attached hydrogen (secondary N) is 1. The zero-order valence-electron chi connectivity index (χ0n) is 19.3. The number of nitrogens with zero attached hydrogens (tertiary/aromatic N) is 3. The number of likely N-dealkylation sites (tertiary alicyclic amines) is 1. The van der Waals surface area contributed by atoms with Crippen molar-refractivity contribution in [2.75, 3.05) is 13.1 Å². The summed E-state index contributed by atoms with van der Waals surface area (Å²) in [4.78, 5) is 15.8. The molecule has 176 valence electrons. The maximum Gasteiger partial charge on any atom is 0.250 e. The molecule has 34 heavy (non-hydrogen) atoms. The van der Waals surface area contributed by atoms with Crippen LogP contribution in [0.5, 0.6) is 0 Å². The quantitative estimate of drug-likeness (QED) is 0.384. The minimum absolute atomic E-state index is 0.0219. The summed E-state index contributed by atoms with van der Waals surface area (Å²) in [5.41, 5.74) is 0.791. The molecule has 0 aliphatic carbocycles. The van der Waals surface area contributed by atoms with E-state index in [0.29, 0.717) is 30.6 Å². The average molecular weight is 475 g/mol. The highest BCUT2D eigenvalue weighted by Crippen LogP contribution is 2.28. The first-order valence-electron chi connectivity index (χ1n) is 11.6. The minimum Gasteiger partial charge on any atom is -0.386 e. The van der Waals surface area contributed by atoms with Crippen LogP contribution in [-0.2, 0) is 4.79 Å². The van der Waals surface area contributed by atoms with E-state index in [9.17, 15) is 9.90 Å². The van der Waals surface area contributed by atoms with E-state index >= 15 is 0 Å². The van der Waals surface area contributed by atoms with Crippen molar-refractivity contribution in [3.8, 4) is 0 Å². The van der Waals surface area contributed by atoms with Crippen molar-refractivity contribution >= 4 is 29.0 Å². The van der Waals surface area contributed by atoms with Crippen LogP contribution in [0.25, 0.3) is 10.9 Å². The van der Waals surface area contributed by atoms with Gasteiger partial charge in [0.25, 0.3) is 0 Å². The van der Waals surface area contributed by atoms with Crippen LogP contribution in [0, 0.1) is 4.64 Å². The molecule has 6 nitrogen and oxygen atoms in total. The molecule has 1 aliphatic rings. The summed E-state index contributed by atoms with van der Waals surface area (Å²) in [6.45, 7) is 3.03. The van der Waals surface area contributed by atoms with Crippen molar-refractivity contribution in [1.82, 2.24) is 19.7 Å². The fourth-order valence-corrected chi connectivity index (χ4v) is 4.72. The Bertz CT molecular complexity index is 1270. The van der Waals surface area contributed by atoms with E-state index in [-0.39, 0.29) is 5.91 Å². The predicted octanol–water partition coefficient (Wildman–Crippen LogP) is 5.12. The van der Waals surface area contributed by atoms with Crippen molar-refractivity contribution in [3.05, 3.63) is 95.5 Å². The average Bonchev–Trinajstić information content (AvgIpc) is 3.25. The van der Waals surface area contributed by atoms with Gasteiger partial charge in [-0.05, 0) is 37.8 Å². The number of carbonyl (C=O) groups is 1. The maximum atomic E-state index is 13.9. The molecule has 1 saturated heterocycles. The number of fused-ring (bicyclic) bond motifs is 1. The van der Waals surface area contributed by atoms with Crippen LogP contribution in [0.1, 0.15) is 37.8 Å². The predicted molar refractivity (Wildman–Crippen MR) is 138 cm³/mol. The third-order valence-electron chi connectivity index (χ3n) is 6.26. The highest BCUT2D eigenvalue weighted by molar-refractivity contribution is 7.71. The van der Waals surface area contributed by atoms with Gasteiger partial charge in [0, 0.05) is 19.3 Å². The zero-order chi connectivity index (χ0) is 24.0. The van der Waals surface area contributed by atoms with Crippen molar-refractivity contribution in [3.63, 3.8) is 0 Å². The van der Waals surface area contributed by atoms with E-state index < -0.39 is 11.6 Å². The first-order valence-corrected chi connectivity index (χ1v) is 12.0. The second-order valence-corrected chi connectivity index (χ2v) is 8.98. The highest BCUT2D eigenvalue weighted by Gasteiger charge is 2.33. The van der Waals surface area contributed by atoms with Gasteiger partial charge in [-0.3, -0.25) is 9.89 Å². The lowest BCUT2D eigenvalue weighted by atomic mass is 9.94. The highest BCUT2D eigenvalue weighted by atomic mass is 32.1. The lowest BCUT2D eigenvalue weighted by molar-refractivity contribution is -0.133. The molecule has 0 spiro atoms. The lowest BCUT2D eigenvalue weighted by Gasteiger charge is -2.29. The molecular formula is C27H30N4O2S. The Kier molecular flexibility index (Phi) is 7.55. The van der Waals surface area contributed by atoms with E-state index in [4.69, 9.17) is 12.2 Å². The number of amides is 1. The van der Waals surface area contributed by atoms with Crippen molar-refractivity contribution in [1.29, 1.82) is 0 Å². The number of hydrogen-bond acceptors (Lipinski definition) is 4. The number of H-pyrrole nitrogens is 1. The summed E-state index contributed by atoms with van der Waals surface area (Å²) in [6, 6.07) is 11.0. The van der Waals surface area contributed by atoms with Gasteiger partial charge in [0.1, 0.15) is 10.7 Å². The molecule has 0 bridgehead atoms. The fraction of sp³-hybridized carbons (Fsp3) is 0.296. The van der Waals surface area contributed by atoms with E-state index in [1.807, 2.05) is 95.4 Å². The number of hydrogen-bond donors (Lipinski definition) is 2. The molecule has 7 heteroatoms. The number of carbonyl (C=O) groups excluding carboxylic acids is 1. The summed E-state index contributed by atoms with van der Waals surface area (Å²) in [7, 11) is 0. The molecule has 1 fully saturated rings. The third kappa shape index (κ3) is 5.26. The van der Waals surface area contributed by atoms with Crippen LogP contribution >= 0.6 is 12.2 Å². The lowest BCUT2D eigenvalue weighted by Crippen LogP contribution is -2.39. The van der Waals surface area contributed by atoms with E-state index in [1.54, 1.807) is 6.20 Å². The molecule has 2 unspecified atom stereocenters. The maximum absolute atomic E-state index is 13.9. The summed E-state index contributed by atoms with van der Waals surface area (Å²) in [6.07, 6.45) is 16.8. The van der Waals surface area contributed by atoms with Crippen LogP contribution in [0.3, 0.4) is 0 Å². The van der Waals surface area contributed by atoms with Crippen LogP contribution in [0.4, 0.5) is 0 Å². The smallest absolute Gasteiger partial charge is 0.250 e. The zero-order valence-corrected chi connectivity index (χ0v) is 20.1. The van der Waals surface area contributed by atoms with E-state index in [1.165, 1.54) is 0 Å². The summed E-state index contributed by atoms with van der Waals surface area (Å²) in [5.74, 6) is -0.0219. The number of aromatic nitrogens is 3. The topological polar surface area (TPSA) is 74.2 Å². The van der Waals surface area contributed by atoms with Crippen LogP contribution in [-0.4, -0.2) is 49.4 Å². The van der Waals surface area contributed by atoms with Gasteiger partial charge in [0.2, 0.25) is 5.91 Å². The second-order valence-electron chi connectivity index (χ2n) is 8.59. The molecule has 3 aromatic rings. The van der Waals surface area contributed by atoms with Crippen molar-refractivity contribution in [2.24, 2.45) is 0 Å².